The van der Waals surface area contributed by atoms with Gasteiger partial charge in [-0.2, -0.15) is 0 Å². The molecule has 0 spiro atoms. The van der Waals surface area contributed by atoms with Crippen molar-refractivity contribution >= 4 is 29.1 Å². The average Bonchev–Trinajstić information content (AvgIpc) is 2.70. The summed E-state index contributed by atoms with van der Waals surface area (Å²) in [5, 5.41) is 5.50. The lowest BCUT2D eigenvalue weighted by atomic mass is 10.2. The summed E-state index contributed by atoms with van der Waals surface area (Å²) in [6, 6.07) is 1.27. The fourth-order valence-corrected chi connectivity index (χ4v) is 1.82. The number of carbonyl (C=O) groups excluding carboxylic acids is 2. The number of hydrogen-bond donors (Lipinski definition) is 2. The highest BCUT2D eigenvalue weighted by Gasteiger charge is 2.27. The smallest absolute Gasteiger partial charge is 0.247 e. The molecular weight excluding hydrogens is 242 g/mol. The zero-order chi connectivity index (χ0) is 12.4. The van der Waals surface area contributed by atoms with E-state index in [1.807, 2.05) is 6.92 Å². The molecule has 1 saturated heterocycles. The first-order valence-corrected chi connectivity index (χ1v) is 5.66. The van der Waals surface area contributed by atoms with Crippen molar-refractivity contribution in [1.29, 1.82) is 0 Å². The van der Waals surface area contributed by atoms with Crippen LogP contribution in [0.5, 0.6) is 0 Å². The van der Waals surface area contributed by atoms with Crippen molar-refractivity contribution in [3.63, 3.8) is 0 Å². The molecule has 2 rings (SSSR count). The van der Waals surface area contributed by atoms with Gasteiger partial charge in [0, 0.05) is 12.6 Å². The highest BCUT2D eigenvalue weighted by Crippen LogP contribution is 2.20. The first-order valence-electron chi connectivity index (χ1n) is 5.28. The van der Waals surface area contributed by atoms with Crippen molar-refractivity contribution in [1.82, 2.24) is 10.3 Å². The third-order valence-electron chi connectivity index (χ3n) is 2.55. The number of anilines is 1. The Labute approximate surface area is 104 Å². The van der Waals surface area contributed by atoms with Crippen LogP contribution >= 0.6 is 11.6 Å². The molecule has 0 bridgehead atoms. The molecule has 2 heterocycles. The zero-order valence-corrected chi connectivity index (χ0v) is 10.0. The van der Waals surface area contributed by atoms with Gasteiger partial charge in [-0.15, -0.1) is 0 Å². The number of aromatic nitrogens is 1. The summed E-state index contributed by atoms with van der Waals surface area (Å²) in [4.78, 5) is 26.8. The maximum absolute atomic E-state index is 11.8. The van der Waals surface area contributed by atoms with Crippen LogP contribution in [0.15, 0.2) is 12.3 Å². The Hall–Kier alpha value is -1.62. The van der Waals surface area contributed by atoms with Crippen molar-refractivity contribution in [3.05, 3.63) is 23.0 Å². The number of hydrogen-bond acceptors (Lipinski definition) is 3. The molecule has 1 aromatic heterocycles. The minimum Gasteiger partial charge on any atom is -0.344 e. The highest BCUT2D eigenvalue weighted by atomic mass is 35.5. The van der Waals surface area contributed by atoms with Crippen molar-refractivity contribution in [2.45, 2.75) is 25.8 Å². The molecule has 1 aliphatic heterocycles. The van der Waals surface area contributed by atoms with E-state index < -0.39 is 6.04 Å². The summed E-state index contributed by atoms with van der Waals surface area (Å²) in [5.41, 5.74) is 1.37. The lowest BCUT2D eigenvalue weighted by Gasteiger charge is -2.11. The second-order valence-corrected chi connectivity index (χ2v) is 4.36. The summed E-state index contributed by atoms with van der Waals surface area (Å²) in [6.07, 6.45) is 2.52. The number of halogens is 1. The molecule has 0 saturated carbocycles. The quantitative estimate of drug-likeness (QED) is 0.780. The fourth-order valence-electron chi connectivity index (χ4n) is 1.67. The van der Waals surface area contributed by atoms with Crippen LogP contribution in [-0.2, 0) is 9.59 Å². The number of rotatable bonds is 2. The SMILES string of the molecule is Cc1cnc(Cl)c(NC(=O)C2CCC(=O)N2)c1. The predicted octanol–water partition coefficient (Wildman–Crippen LogP) is 1.26. The van der Waals surface area contributed by atoms with Gasteiger partial charge < -0.3 is 10.6 Å². The Bertz CT molecular complexity index is 476. The van der Waals surface area contributed by atoms with E-state index in [2.05, 4.69) is 15.6 Å². The molecule has 17 heavy (non-hydrogen) atoms. The molecular formula is C11H12ClN3O2. The summed E-state index contributed by atoms with van der Waals surface area (Å²) in [5.74, 6) is -0.358. The Morgan fingerprint density at radius 3 is 3.06 bits per heavy atom. The van der Waals surface area contributed by atoms with Crippen LogP contribution in [0.25, 0.3) is 0 Å². The Balaban J connectivity index is 2.07. The topological polar surface area (TPSA) is 71.1 Å². The predicted molar refractivity (Wildman–Crippen MR) is 63.8 cm³/mol. The average molecular weight is 254 g/mol. The standard InChI is InChI=1S/C11H12ClN3O2/c1-6-4-8(10(12)13-5-6)15-11(17)7-2-3-9(16)14-7/h4-5,7H,2-3H2,1H3,(H,14,16)(H,15,17). The minimum atomic E-state index is -0.473. The van der Waals surface area contributed by atoms with Crippen LogP contribution in [0.4, 0.5) is 5.69 Å². The third kappa shape index (κ3) is 2.74. The zero-order valence-electron chi connectivity index (χ0n) is 9.29. The summed E-state index contributed by atoms with van der Waals surface area (Å²) in [7, 11) is 0. The van der Waals surface area contributed by atoms with Crippen molar-refractivity contribution in [3.8, 4) is 0 Å². The summed E-state index contributed by atoms with van der Waals surface area (Å²) in [6.45, 7) is 1.86. The summed E-state index contributed by atoms with van der Waals surface area (Å²) < 4.78 is 0. The van der Waals surface area contributed by atoms with E-state index in [4.69, 9.17) is 11.6 Å². The van der Waals surface area contributed by atoms with Crippen LogP contribution < -0.4 is 10.6 Å². The maximum atomic E-state index is 11.8. The number of carbonyl (C=O) groups is 2. The fraction of sp³-hybridized carbons (Fsp3) is 0.364. The Morgan fingerprint density at radius 1 is 1.65 bits per heavy atom. The Morgan fingerprint density at radius 2 is 2.41 bits per heavy atom. The third-order valence-corrected chi connectivity index (χ3v) is 2.85. The molecule has 1 unspecified atom stereocenters. The molecule has 1 atom stereocenters. The minimum absolute atomic E-state index is 0.0985. The van der Waals surface area contributed by atoms with E-state index in [-0.39, 0.29) is 17.0 Å². The molecule has 5 nitrogen and oxygen atoms in total. The first kappa shape index (κ1) is 11.9. The van der Waals surface area contributed by atoms with Gasteiger partial charge in [-0.1, -0.05) is 11.6 Å². The van der Waals surface area contributed by atoms with Crippen molar-refractivity contribution in [2.75, 3.05) is 5.32 Å². The molecule has 1 aromatic rings. The van der Waals surface area contributed by atoms with Gasteiger partial charge in [0.15, 0.2) is 5.15 Å². The normalized spacial score (nSPS) is 18.9. The molecule has 1 aliphatic rings. The van der Waals surface area contributed by atoms with Crippen LogP contribution in [0, 0.1) is 6.92 Å². The van der Waals surface area contributed by atoms with E-state index in [9.17, 15) is 9.59 Å². The molecule has 0 aliphatic carbocycles. The molecule has 6 heteroatoms. The lowest BCUT2D eigenvalue weighted by Crippen LogP contribution is -2.37. The second kappa shape index (κ2) is 4.71. The van der Waals surface area contributed by atoms with E-state index in [1.165, 1.54) is 0 Å². The molecule has 2 amide bonds. The van der Waals surface area contributed by atoms with Crippen LogP contribution in [0.1, 0.15) is 18.4 Å². The highest BCUT2D eigenvalue weighted by molar-refractivity contribution is 6.32. The van der Waals surface area contributed by atoms with Crippen molar-refractivity contribution in [2.24, 2.45) is 0 Å². The first-order chi connectivity index (χ1) is 8.06. The lowest BCUT2D eigenvalue weighted by molar-refractivity contribution is -0.122. The second-order valence-electron chi connectivity index (χ2n) is 4.00. The largest absolute Gasteiger partial charge is 0.344 e. The van der Waals surface area contributed by atoms with E-state index in [0.717, 1.165) is 5.56 Å². The molecule has 90 valence electrons. The van der Waals surface area contributed by atoms with Crippen LogP contribution in [0.3, 0.4) is 0 Å². The Kier molecular flexibility index (Phi) is 3.28. The monoisotopic (exact) mass is 253 g/mol. The molecule has 0 aromatic carbocycles. The molecule has 1 fully saturated rings. The van der Waals surface area contributed by atoms with Crippen molar-refractivity contribution < 1.29 is 9.59 Å². The van der Waals surface area contributed by atoms with Gasteiger partial charge in [-0.05, 0) is 25.0 Å². The number of pyridine rings is 1. The van der Waals surface area contributed by atoms with Gasteiger partial charge in [0.1, 0.15) is 6.04 Å². The van der Waals surface area contributed by atoms with E-state index in [1.54, 1.807) is 12.3 Å². The maximum Gasteiger partial charge on any atom is 0.247 e. The summed E-state index contributed by atoms with van der Waals surface area (Å²) >= 11 is 5.86. The van der Waals surface area contributed by atoms with E-state index in [0.29, 0.717) is 18.5 Å². The van der Waals surface area contributed by atoms with E-state index >= 15 is 0 Å². The molecule has 2 N–H and O–H groups in total. The molecule has 0 radical (unpaired) electrons. The van der Waals surface area contributed by atoms with Gasteiger partial charge in [-0.25, -0.2) is 4.98 Å². The van der Waals surface area contributed by atoms with Gasteiger partial charge >= 0.3 is 0 Å². The van der Waals surface area contributed by atoms with Gasteiger partial charge in [0.25, 0.3) is 0 Å². The number of nitrogens with one attached hydrogen (secondary N) is 2. The van der Waals surface area contributed by atoms with Gasteiger partial charge in [-0.3, -0.25) is 9.59 Å². The van der Waals surface area contributed by atoms with Gasteiger partial charge in [0.05, 0.1) is 5.69 Å². The number of nitrogens with zero attached hydrogens (tertiary/aromatic N) is 1. The number of aryl methyl sites for hydroxylation is 1. The van der Waals surface area contributed by atoms with Gasteiger partial charge in [0.2, 0.25) is 11.8 Å². The van der Waals surface area contributed by atoms with Crippen LogP contribution in [0.2, 0.25) is 5.15 Å². The number of amides is 2. The van der Waals surface area contributed by atoms with Crippen LogP contribution in [-0.4, -0.2) is 22.8 Å².